The molecule has 1 saturated carbocycles. The zero-order valence-electron chi connectivity index (χ0n) is 13.2. The van der Waals surface area contributed by atoms with Crippen molar-refractivity contribution in [2.24, 2.45) is 0 Å². The van der Waals surface area contributed by atoms with Crippen molar-refractivity contribution < 1.29 is 5.11 Å². The van der Waals surface area contributed by atoms with Gasteiger partial charge in [0.1, 0.15) is 0 Å². The molecule has 1 atom stereocenters. The number of aliphatic hydroxyl groups excluding tert-OH is 1. The van der Waals surface area contributed by atoms with Crippen molar-refractivity contribution in [3.63, 3.8) is 0 Å². The number of aryl methyl sites for hydroxylation is 3. The van der Waals surface area contributed by atoms with Crippen molar-refractivity contribution in [3.8, 4) is 0 Å². The van der Waals surface area contributed by atoms with E-state index in [9.17, 15) is 5.11 Å². The summed E-state index contributed by atoms with van der Waals surface area (Å²) in [6.45, 7) is 7.62. The van der Waals surface area contributed by atoms with Gasteiger partial charge in [-0.2, -0.15) is 5.10 Å². The van der Waals surface area contributed by atoms with E-state index in [1.807, 2.05) is 0 Å². The van der Waals surface area contributed by atoms with Crippen molar-refractivity contribution in [1.82, 2.24) is 15.1 Å². The molecule has 1 aromatic heterocycles. The lowest BCUT2D eigenvalue weighted by Crippen LogP contribution is -2.47. The first kappa shape index (κ1) is 15.5. The molecule has 1 aliphatic rings. The molecule has 0 aromatic carbocycles. The van der Waals surface area contributed by atoms with Gasteiger partial charge in [-0.3, -0.25) is 4.68 Å². The van der Waals surface area contributed by atoms with Gasteiger partial charge >= 0.3 is 0 Å². The second-order valence-electron chi connectivity index (χ2n) is 6.30. The van der Waals surface area contributed by atoms with Crippen LogP contribution in [0.4, 0.5) is 0 Å². The molecule has 0 saturated heterocycles. The lowest BCUT2D eigenvalue weighted by molar-refractivity contribution is 0.159. The first-order valence-electron chi connectivity index (χ1n) is 8.04. The topological polar surface area (TPSA) is 50.1 Å². The highest BCUT2D eigenvalue weighted by atomic mass is 16.3. The molecule has 0 radical (unpaired) electrons. The Morgan fingerprint density at radius 3 is 2.70 bits per heavy atom. The minimum absolute atomic E-state index is 0.131. The predicted octanol–water partition coefficient (Wildman–Crippen LogP) is 2.29. The summed E-state index contributed by atoms with van der Waals surface area (Å²) in [5.41, 5.74) is 2.37. The zero-order chi connectivity index (χ0) is 14.6. The molecule has 1 unspecified atom stereocenters. The molecule has 1 heterocycles. The average molecular weight is 279 g/mol. The molecular weight excluding hydrogens is 250 g/mol. The summed E-state index contributed by atoms with van der Waals surface area (Å²) in [6.07, 6.45) is 6.59. The number of rotatable bonds is 9. The normalized spacial score (nSPS) is 18.2. The maximum absolute atomic E-state index is 9.62. The third-order valence-electron chi connectivity index (χ3n) is 4.22. The Morgan fingerprint density at radius 2 is 2.15 bits per heavy atom. The van der Waals surface area contributed by atoms with E-state index in [1.54, 1.807) is 0 Å². The summed E-state index contributed by atoms with van der Waals surface area (Å²) in [5.74, 6) is 0. The van der Waals surface area contributed by atoms with Crippen molar-refractivity contribution in [3.05, 3.63) is 17.5 Å². The summed E-state index contributed by atoms with van der Waals surface area (Å²) in [5, 5.41) is 17.8. The third-order valence-corrected chi connectivity index (χ3v) is 4.22. The van der Waals surface area contributed by atoms with Gasteiger partial charge in [-0.05, 0) is 51.5 Å². The van der Waals surface area contributed by atoms with E-state index in [1.165, 1.54) is 24.2 Å². The van der Waals surface area contributed by atoms with Gasteiger partial charge in [0.05, 0.1) is 12.3 Å². The zero-order valence-corrected chi connectivity index (χ0v) is 13.2. The molecule has 2 N–H and O–H groups in total. The first-order chi connectivity index (χ1) is 9.60. The second-order valence-corrected chi connectivity index (χ2v) is 6.30. The van der Waals surface area contributed by atoms with Crippen LogP contribution < -0.4 is 5.32 Å². The molecule has 0 amide bonds. The molecule has 1 aromatic rings. The van der Waals surface area contributed by atoms with Crippen LogP contribution >= 0.6 is 0 Å². The fourth-order valence-electron chi connectivity index (χ4n) is 2.70. The predicted molar refractivity (Wildman–Crippen MR) is 81.9 cm³/mol. The molecule has 1 aliphatic carbocycles. The van der Waals surface area contributed by atoms with Gasteiger partial charge < -0.3 is 10.4 Å². The van der Waals surface area contributed by atoms with Crippen LogP contribution in [0.15, 0.2) is 6.07 Å². The largest absolute Gasteiger partial charge is 0.394 e. The van der Waals surface area contributed by atoms with E-state index in [2.05, 4.69) is 41.9 Å². The quantitative estimate of drug-likeness (QED) is 0.729. The molecule has 20 heavy (non-hydrogen) atoms. The minimum Gasteiger partial charge on any atom is -0.394 e. The molecule has 0 bridgehead atoms. The summed E-state index contributed by atoms with van der Waals surface area (Å²) in [4.78, 5) is 0. The maximum atomic E-state index is 9.62. The van der Waals surface area contributed by atoms with Crippen LogP contribution in [0.3, 0.4) is 0 Å². The van der Waals surface area contributed by atoms with Gasteiger partial charge in [0.15, 0.2) is 0 Å². The van der Waals surface area contributed by atoms with Crippen LogP contribution in [0.1, 0.15) is 57.8 Å². The Bertz CT molecular complexity index is 425. The molecule has 0 spiro atoms. The van der Waals surface area contributed by atoms with Gasteiger partial charge in [-0.25, -0.2) is 0 Å². The maximum Gasteiger partial charge on any atom is 0.0624 e. The van der Waals surface area contributed by atoms with Crippen LogP contribution in [0.25, 0.3) is 0 Å². The van der Waals surface area contributed by atoms with Crippen molar-refractivity contribution >= 4 is 0 Å². The van der Waals surface area contributed by atoms with E-state index in [-0.39, 0.29) is 12.1 Å². The van der Waals surface area contributed by atoms with E-state index in [0.29, 0.717) is 6.04 Å². The minimum atomic E-state index is -0.131. The Morgan fingerprint density at radius 1 is 1.40 bits per heavy atom. The van der Waals surface area contributed by atoms with Crippen molar-refractivity contribution in [1.29, 1.82) is 0 Å². The Labute approximate surface area is 122 Å². The number of nitrogens with one attached hydrogen (secondary N) is 1. The van der Waals surface area contributed by atoms with E-state index >= 15 is 0 Å². The molecule has 1 fully saturated rings. The SMILES string of the molecule is CCc1cc(CC)n(CCCC(C)(CO)NC2CC2)n1. The smallest absolute Gasteiger partial charge is 0.0624 e. The molecule has 114 valence electrons. The summed E-state index contributed by atoms with van der Waals surface area (Å²) in [6, 6.07) is 2.85. The highest BCUT2D eigenvalue weighted by molar-refractivity contribution is 5.10. The molecule has 4 nitrogen and oxygen atoms in total. The van der Waals surface area contributed by atoms with Gasteiger partial charge in [0, 0.05) is 23.8 Å². The number of aromatic nitrogens is 2. The van der Waals surface area contributed by atoms with Gasteiger partial charge in [0.25, 0.3) is 0 Å². The summed E-state index contributed by atoms with van der Waals surface area (Å²) >= 11 is 0. The van der Waals surface area contributed by atoms with Crippen LogP contribution in [0.5, 0.6) is 0 Å². The van der Waals surface area contributed by atoms with Crippen LogP contribution in [-0.4, -0.2) is 33.1 Å². The average Bonchev–Trinajstić information content (AvgIpc) is 3.16. The van der Waals surface area contributed by atoms with Crippen LogP contribution in [0.2, 0.25) is 0 Å². The van der Waals surface area contributed by atoms with Crippen LogP contribution in [0, 0.1) is 0 Å². The fraction of sp³-hybridized carbons (Fsp3) is 0.812. The van der Waals surface area contributed by atoms with Crippen molar-refractivity contribution in [2.45, 2.75) is 77.4 Å². The van der Waals surface area contributed by atoms with E-state index in [4.69, 9.17) is 0 Å². The Balaban J connectivity index is 1.86. The second kappa shape index (κ2) is 6.72. The van der Waals surface area contributed by atoms with E-state index in [0.717, 1.165) is 32.2 Å². The van der Waals surface area contributed by atoms with Gasteiger partial charge in [-0.1, -0.05) is 13.8 Å². The summed E-state index contributed by atoms with van der Waals surface area (Å²) < 4.78 is 2.15. The highest BCUT2D eigenvalue weighted by Gasteiger charge is 2.31. The summed E-state index contributed by atoms with van der Waals surface area (Å²) in [7, 11) is 0. The lowest BCUT2D eigenvalue weighted by atomic mass is 9.96. The third kappa shape index (κ3) is 4.06. The standard InChI is InChI=1S/C16H29N3O/c1-4-13-11-15(5-2)19(18-13)10-6-9-16(3,12-20)17-14-7-8-14/h11,14,17,20H,4-10,12H2,1-3H3. The Kier molecular flexibility index (Phi) is 5.22. The molecule has 2 rings (SSSR count). The number of nitrogens with zero attached hydrogens (tertiary/aromatic N) is 2. The van der Waals surface area contributed by atoms with Crippen molar-refractivity contribution in [2.75, 3.05) is 6.61 Å². The Hall–Kier alpha value is -0.870. The van der Waals surface area contributed by atoms with E-state index < -0.39 is 0 Å². The van der Waals surface area contributed by atoms with Crippen LogP contribution in [-0.2, 0) is 19.4 Å². The lowest BCUT2D eigenvalue weighted by Gasteiger charge is -2.29. The molecule has 4 heteroatoms. The molecular formula is C16H29N3O. The van der Waals surface area contributed by atoms with Gasteiger partial charge in [0.2, 0.25) is 0 Å². The number of hydrogen-bond acceptors (Lipinski definition) is 3. The van der Waals surface area contributed by atoms with Gasteiger partial charge in [-0.15, -0.1) is 0 Å². The number of hydrogen-bond donors (Lipinski definition) is 2. The highest BCUT2D eigenvalue weighted by Crippen LogP contribution is 2.24. The monoisotopic (exact) mass is 279 g/mol. The molecule has 0 aliphatic heterocycles. The fourth-order valence-corrected chi connectivity index (χ4v) is 2.70. The number of aliphatic hydroxyl groups is 1. The first-order valence-corrected chi connectivity index (χ1v) is 8.04.